The third-order valence-corrected chi connectivity index (χ3v) is 8.75. The minimum Gasteiger partial charge on any atom is -0.378 e. The fourth-order valence-corrected chi connectivity index (χ4v) is 6.33. The summed E-state index contributed by atoms with van der Waals surface area (Å²) in [6, 6.07) is 39.9. The third-order valence-electron chi connectivity index (χ3n) is 8.75. The van der Waals surface area contributed by atoms with Crippen LogP contribution >= 0.6 is 0 Å². The first kappa shape index (κ1) is 29.6. The van der Waals surface area contributed by atoms with Crippen molar-refractivity contribution in [3.8, 4) is 0 Å². The monoisotopic (exact) mass is 561 g/mol. The van der Waals surface area contributed by atoms with Crippen LogP contribution < -0.4 is 16.0 Å². The van der Waals surface area contributed by atoms with Crippen LogP contribution in [0.3, 0.4) is 0 Å². The van der Waals surface area contributed by atoms with E-state index in [1.807, 2.05) is 67.6 Å². The molecule has 1 unspecified atom stereocenters. The second-order valence-corrected chi connectivity index (χ2v) is 11.6. The zero-order chi connectivity index (χ0) is 29.2. The molecule has 218 valence electrons. The molecular weight excluding hydrogens is 518 g/mol. The van der Waals surface area contributed by atoms with Crippen LogP contribution in [0.1, 0.15) is 67.3 Å². The smallest absolute Gasteiger partial charge is 0.315 e. The number of aliphatic hydroxyl groups is 1. The van der Waals surface area contributed by atoms with Gasteiger partial charge in [0.2, 0.25) is 0 Å². The molecule has 1 aliphatic carbocycles. The van der Waals surface area contributed by atoms with Gasteiger partial charge in [0.1, 0.15) is 5.60 Å². The molecule has 0 saturated heterocycles. The maximum Gasteiger partial charge on any atom is 0.315 e. The van der Waals surface area contributed by atoms with Crippen molar-refractivity contribution in [1.82, 2.24) is 16.0 Å². The molecule has 0 bridgehead atoms. The van der Waals surface area contributed by atoms with Gasteiger partial charge in [-0.25, -0.2) is 4.79 Å². The van der Waals surface area contributed by atoms with Crippen molar-refractivity contribution in [2.45, 2.75) is 62.8 Å². The highest BCUT2D eigenvalue weighted by Gasteiger charge is 2.38. The first-order chi connectivity index (χ1) is 20.5. The summed E-state index contributed by atoms with van der Waals surface area (Å²) < 4.78 is 0. The molecule has 0 aromatic heterocycles. The van der Waals surface area contributed by atoms with Crippen LogP contribution in [-0.4, -0.2) is 29.8 Å². The van der Waals surface area contributed by atoms with E-state index in [4.69, 9.17) is 0 Å². The van der Waals surface area contributed by atoms with E-state index in [0.29, 0.717) is 5.92 Å². The normalized spacial score (nSPS) is 17.9. The van der Waals surface area contributed by atoms with E-state index < -0.39 is 11.6 Å². The largest absolute Gasteiger partial charge is 0.378 e. The maximum absolute atomic E-state index is 13.1. The quantitative estimate of drug-likeness (QED) is 0.160. The molecule has 4 N–H and O–H groups in total. The minimum absolute atomic E-state index is 0.143. The molecule has 5 heteroatoms. The van der Waals surface area contributed by atoms with Crippen LogP contribution in [0.15, 0.2) is 121 Å². The van der Waals surface area contributed by atoms with Gasteiger partial charge in [-0.3, -0.25) is 0 Å². The molecule has 1 fully saturated rings. The number of hydrogen-bond acceptors (Lipinski definition) is 3. The maximum atomic E-state index is 13.1. The van der Waals surface area contributed by atoms with Crippen molar-refractivity contribution in [3.05, 3.63) is 144 Å². The van der Waals surface area contributed by atoms with Gasteiger partial charge in [0, 0.05) is 6.04 Å². The van der Waals surface area contributed by atoms with Crippen molar-refractivity contribution in [3.63, 3.8) is 0 Å². The molecule has 0 aliphatic heterocycles. The van der Waals surface area contributed by atoms with Gasteiger partial charge in [-0.1, -0.05) is 121 Å². The number of urea groups is 1. The third kappa shape index (κ3) is 7.28. The van der Waals surface area contributed by atoms with Crippen molar-refractivity contribution in [2.75, 3.05) is 6.54 Å². The summed E-state index contributed by atoms with van der Waals surface area (Å²) in [4.78, 5) is 13.1. The molecule has 5 nitrogen and oxygen atoms in total. The molecule has 42 heavy (non-hydrogen) atoms. The van der Waals surface area contributed by atoms with Gasteiger partial charge in [-0.2, -0.15) is 0 Å². The Kier molecular flexibility index (Phi) is 10.1. The summed E-state index contributed by atoms with van der Waals surface area (Å²) in [7, 11) is 0. The molecule has 1 aliphatic rings. The fraction of sp³-hybridized carbons (Fsp3) is 0.324. The average Bonchev–Trinajstić information content (AvgIpc) is 3.05. The van der Waals surface area contributed by atoms with Crippen molar-refractivity contribution < 1.29 is 9.90 Å². The van der Waals surface area contributed by atoms with Crippen LogP contribution in [0.25, 0.3) is 0 Å². The molecule has 0 heterocycles. The van der Waals surface area contributed by atoms with E-state index in [1.54, 1.807) is 0 Å². The average molecular weight is 562 g/mol. The van der Waals surface area contributed by atoms with Gasteiger partial charge >= 0.3 is 6.03 Å². The molecule has 4 aromatic carbocycles. The molecule has 2 amide bonds. The van der Waals surface area contributed by atoms with E-state index in [9.17, 15) is 9.90 Å². The molecular formula is C37H43N3O2. The van der Waals surface area contributed by atoms with Crippen LogP contribution in [0.2, 0.25) is 0 Å². The van der Waals surface area contributed by atoms with E-state index in [-0.39, 0.29) is 18.1 Å². The van der Waals surface area contributed by atoms with Gasteiger partial charge in [0.15, 0.2) is 0 Å². The SMILES string of the molecule is CC(NC(=O)NC1CCC(CCNC(c2ccccc2)c2ccccc2)CC1)C(O)(c1ccccc1)c1ccccc1. The summed E-state index contributed by atoms with van der Waals surface area (Å²) in [5.74, 6) is 0.644. The molecule has 4 aromatic rings. The lowest BCUT2D eigenvalue weighted by Crippen LogP contribution is -2.54. The number of benzene rings is 4. The highest BCUT2D eigenvalue weighted by atomic mass is 16.3. The highest BCUT2D eigenvalue weighted by Crippen LogP contribution is 2.33. The summed E-state index contributed by atoms with van der Waals surface area (Å²) in [5.41, 5.74) is 2.72. The van der Waals surface area contributed by atoms with E-state index in [1.165, 1.54) is 11.1 Å². The van der Waals surface area contributed by atoms with E-state index >= 15 is 0 Å². The van der Waals surface area contributed by atoms with Crippen LogP contribution in [-0.2, 0) is 5.60 Å². The number of carbonyl (C=O) groups is 1. The number of amides is 2. The Balaban J connectivity index is 1.11. The predicted molar refractivity (Wildman–Crippen MR) is 170 cm³/mol. The number of nitrogens with one attached hydrogen (secondary N) is 3. The molecule has 1 saturated carbocycles. The zero-order valence-electron chi connectivity index (χ0n) is 24.5. The first-order valence-electron chi connectivity index (χ1n) is 15.3. The van der Waals surface area contributed by atoms with Crippen molar-refractivity contribution >= 4 is 6.03 Å². The lowest BCUT2D eigenvalue weighted by molar-refractivity contribution is 0.0470. The molecule has 0 radical (unpaired) electrons. The highest BCUT2D eigenvalue weighted by molar-refractivity contribution is 5.75. The number of carbonyl (C=O) groups excluding carboxylic acids is 1. The Morgan fingerprint density at radius 3 is 1.67 bits per heavy atom. The van der Waals surface area contributed by atoms with Crippen molar-refractivity contribution in [1.29, 1.82) is 0 Å². The Labute approximate surface area is 250 Å². The topological polar surface area (TPSA) is 73.4 Å². The fourth-order valence-electron chi connectivity index (χ4n) is 6.33. The van der Waals surface area contributed by atoms with Gasteiger partial charge < -0.3 is 21.1 Å². The second-order valence-electron chi connectivity index (χ2n) is 11.6. The summed E-state index contributed by atoms with van der Waals surface area (Å²) in [6.45, 7) is 2.81. The Morgan fingerprint density at radius 2 is 1.19 bits per heavy atom. The lowest BCUT2D eigenvalue weighted by atomic mass is 9.81. The van der Waals surface area contributed by atoms with E-state index in [2.05, 4.69) is 76.6 Å². The van der Waals surface area contributed by atoms with Crippen LogP contribution in [0.5, 0.6) is 0 Å². The Morgan fingerprint density at radius 1 is 0.738 bits per heavy atom. The van der Waals surface area contributed by atoms with Crippen LogP contribution in [0, 0.1) is 5.92 Å². The molecule has 5 rings (SSSR count). The first-order valence-corrected chi connectivity index (χ1v) is 15.3. The summed E-state index contributed by atoms with van der Waals surface area (Å²) in [5, 5.41) is 22.0. The number of rotatable bonds is 11. The van der Waals surface area contributed by atoms with Crippen molar-refractivity contribution in [2.24, 2.45) is 5.92 Å². The Bertz CT molecular complexity index is 1280. The second kappa shape index (κ2) is 14.3. The van der Waals surface area contributed by atoms with Gasteiger partial charge in [-0.05, 0) is 73.7 Å². The summed E-state index contributed by atoms with van der Waals surface area (Å²) in [6.07, 6.45) is 5.25. The molecule has 1 atom stereocenters. The molecule has 0 spiro atoms. The Hall–Kier alpha value is -3.93. The minimum atomic E-state index is -1.35. The van der Waals surface area contributed by atoms with Gasteiger partial charge in [0.25, 0.3) is 0 Å². The van der Waals surface area contributed by atoms with E-state index in [0.717, 1.165) is 49.8 Å². The number of hydrogen-bond donors (Lipinski definition) is 4. The standard InChI is InChI=1S/C37H43N3O2/c1-28(37(42,32-18-10-4-11-19-32)33-20-12-5-13-21-33)39-36(41)40-34-24-22-29(23-25-34)26-27-38-35(30-14-6-2-7-15-30)31-16-8-3-9-17-31/h2-21,28-29,34-35,38,42H,22-27H2,1H3,(H2,39,40,41). The summed E-state index contributed by atoms with van der Waals surface area (Å²) >= 11 is 0. The van der Waals surface area contributed by atoms with Gasteiger partial charge in [0.05, 0.1) is 12.1 Å². The zero-order valence-corrected chi connectivity index (χ0v) is 24.5. The predicted octanol–water partition coefficient (Wildman–Crippen LogP) is 6.94. The van der Waals surface area contributed by atoms with Crippen LogP contribution in [0.4, 0.5) is 4.79 Å². The lowest BCUT2D eigenvalue weighted by Gasteiger charge is -2.36. The van der Waals surface area contributed by atoms with Gasteiger partial charge in [-0.15, -0.1) is 0 Å².